The zero-order valence-electron chi connectivity index (χ0n) is 31.4. The number of aliphatic hydroxyl groups is 1. The number of carboxylic acid groups (broad SMARTS) is 1. The maximum absolute atomic E-state index is 14.1. The fourth-order valence-electron chi connectivity index (χ4n) is 6.51. The molecule has 1 aromatic heterocycles. The van der Waals surface area contributed by atoms with Crippen LogP contribution < -0.4 is 38.5 Å². The Labute approximate surface area is 315 Å². The fourth-order valence-corrected chi connectivity index (χ4v) is 6.51. The van der Waals surface area contributed by atoms with Gasteiger partial charge in [0.2, 0.25) is 29.5 Å². The molecule has 0 aliphatic carbocycles. The van der Waals surface area contributed by atoms with Crippen LogP contribution in [0.15, 0.2) is 30.5 Å². The number of fused-ring (bicyclic) bond motifs is 1. The van der Waals surface area contributed by atoms with E-state index >= 15 is 0 Å². The summed E-state index contributed by atoms with van der Waals surface area (Å²) in [4.78, 5) is 84.5. The van der Waals surface area contributed by atoms with Crippen LogP contribution in [0.4, 0.5) is 0 Å². The van der Waals surface area contributed by atoms with Crippen molar-refractivity contribution in [1.82, 2.24) is 31.2 Å². The van der Waals surface area contributed by atoms with E-state index in [9.17, 15) is 39.0 Å². The number of rotatable bonds is 23. The normalized spacial score (nSPS) is 17.5. The Bertz CT molecular complexity index is 1570. The number of likely N-dealkylation sites (tertiary alicyclic amines) is 1. The van der Waals surface area contributed by atoms with Gasteiger partial charge in [-0.15, -0.1) is 0 Å². The van der Waals surface area contributed by atoms with Crippen molar-refractivity contribution < 1.29 is 39.0 Å². The van der Waals surface area contributed by atoms with E-state index in [1.807, 2.05) is 38.1 Å². The summed E-state index contributed by atoms with van der Waals surface area (Å²) in [6.07, 6.45) is 5.57. The van der Waals surface area contributed by atoms with Crippen molar-refractivity contribution in [3.8, 4) is 0 Å². The molecule has 2 heterocycles. The summed E-state index contributed by atoms with van der Waals surface area (Å²) in [6, 6.07) is 0.647. The maximum Gasteiger partial charge on any atom is 0.326 e. The standard InChI is InChI=1S/C37H59N9O8/c1-3-22(2)31(40)36(52)46-18-10-15-30(46)35(51)44-28(19-23-20-41-25-12-5-4-11-24(23)25)33(49)42-26(13-6-8-16-38)32(48)45-29(21-47)34(50)43-27(37(53)54)14-7-9-17-39/h4-5,11-12,20,22,26-31,41,47H,3,6-10,13-19,21,38-40H2,1-2H3,(H,42,49)(H,43,50)(H,44,51)(H,45,48)(H,53,54). The second-order valence-corrected chi connectivity index (χ2v) is 14.0. The molecule has 0 saturated carbocycles. The molecule has 0 radical (unpaired) electrons. The number of carbonyl (C=O) groups is 6. The van der Waals surface area contributed by atoms with E-state index in [-0.39, 0.29) is 31.1 Å². The largest absolute Gasteiger partial charge is 0.480 e. The zero-order valence-corrected chi connectivity index (χ0v) is 31.4. The smallest absolute Gasteiger partial charge is 0.326 e. The van der Waals surface area contributed by atoms with E-state index in [0.717, 1.165) is 16.5 Å². The second-order valence-electron chi connectivity index (χ2n) is 14.0. The number of nitrogens with zero attached hydrogens (tertiary/aromatic N) is 1. The number of aliphatic hydroxyl groups excluding tert-OH is 1. The molecule has 5 amide bonds. The molecule has 1 saturated heterocycles. The van der Waals surface area contributed by atoms with E-state index in [1.165, 1.54) is 4.90 Å². The van der Waals surface area contributed by atoms with Crippen molar-refractivity contribution in [1.29, 1.82) is 0 Å². The summed E-state index contributed by atoms with van der Waals surface area (Å²) in [5.41, 5.74) is 19.0. The Morgan fingerprint density at radius 2 is 1.46 bits per heavy atom. The van der Waals surface area contributed by atoms with Gasteiger partial charge in [0.25, 0.3) is 0 Å². The molecule has 17 nitrogen and oxygen atoms in total. The fraction of sp³-hybridized carbons (Fsp3) is 0.622. The number of nitrogens with two attached hydrogens (primary N) is 3. The minimum absolute atomic E-state index is 0.0359. The highest BCUT2D eigenvalue weighted by atomic mass is 16.4. The number of aromatic nitrogens is 1. The number of nitrogens with one attached hydrogen (secondary N) is 5. The lowest BCUT2D eigenvalue weighted by Gasteiger charge is -2.30. The third kappa shape index (κ3) is 12.2. The van der Waals surface area contributed by atoms with Crippen molar-refractivity contribution in [3.05, 3.63) is 36.0 Å². The summed E-state index contributed by atoms with van der Waals surface area (Å²) < 4.78 is 0. The van der Waals surface area contributed by atoms with E-state index in [4.69, 9.17) is 17.2 Å². The first-order chi connectivity index (χ1) is 25.9. The molecule has 2 aromatic rings. The maximum atomic E-state index is 14.1. The minimum Gasteiger partial charge on any atom is -0.480 e. The van der Waals surface area contributed by atoms with Crippen molar-refractivity contribution in [3.63, 3.8) is 0 Å². The summed E-state index contributed by atoms with van der Waals surface area (Å²) >= 11 is 0. The number of unbranched alkanes of at least 4 members (excludes halogenated alkanes) is 2. The summed E-state index contributed by atoms with van der Waals surface area (Å²) in [6.45, 7) is 3.99. The number of aromatic amines is 1. The molecule has 17 heteroatoms. The third-order valence-electron chi connectivity index (χ3n) is 10.1. The molecule has 300 valence electrons. The van der Waals surface area contributed by atoms with Gasteiger partial charge in [0.05, 0.1) is 12.6 Å². The first kappa shape index (κ1) is 43.8. The van der Waals surface area contributed by atoms with Gasteiger partial charge in [0.1, 0.15) is 30.2 Å². The van der Waals surface area contributed by atoms with Gasteiger partial charge >= 0.3 is 5.97 Å². The van der Waals surface area contributed by atoms with Crippen LogP contribution in [0.1, 0.15) is 77.2 Å². The topological polar surface area (TPSA) is 288 Å². The Kier molecular flexibility index (Phi) is 17.8. The molecule has 13 N–H and O–H groups in total. The van der Waals surface area contributed by atoms with Crippen molar-refractivity contribution in [2.24, 2.45) is 23.1 Å². The van der Waals surface area contributed by atoms with Crippen LogP contribution in [0.2, 0.25) is 0 Å². The lowest BCUT2D eigenvalue weighted by atomic mass is 9.98. The number of carbonyl (C=O) groups excluding carboxylic acids is 5. The summed E-state index contributed by atoms with van der Waals surface area (Å²) in [5, 5.41) is 30.8. The van der Waals surface area contributed by atoms with Gasteiger partial charge in [0, 0.05) is 30.1 Å². The van der Waals surface area contributed by atoms with Crippen LogP contribution in [0.25, 0.3) is 10.9 Å². The monoisotopic (exact) mass is 757 g/mol. The average Bonchev–Trinajstić information content (AvgIpc) is 3.82. The first-order valence-electron chi connectivity index (χ1n) is 18.9. The third-order valence-corrected chi connectivity index (χ3v) is 10.1. The van der Waals surface area contributed by atoms with Gasteiger partial charge in [-0.25, -0.2) is 4.79 Å². The molecule has 0 spiro atoms. The number of aliphatic carboxylic acids is 1. The van der Waals surface area contributed by atoms with E-state index in [1.54, 1.807) is 6.20 Å². The Morgan fingerprint density at radius 3 is 2.09 bits per heavy atom. The molecular formula is C37H59N9O8. The van der Waals surface area contributed by atoms with Gasteiger partial charge < -0.3 is 58.6 Å². The Hall–Kier alpha value is -4.58. The quantitative estimate of drug-likeness (QED) is 0.0636. The highest BCUT2D eigenvalue weighted by Gasteiger charge is 2.39. The summed E-state index contributed by atoms with van der Waals surface area (Å²) in [5.74, 6) is -4.63. The first-order valence-corrected chi connectivity index (χ1v) is 18.9. The van der Waals surface area contributed by atoms with Crippen LogP contribution in [-0.4, -0.2) is 118 Å². The predicted octanol–water partition coefficient (Wildman–Crippen LogP) is -0.651. The van der Waals surface area contributed by atoms with Crippen molar-refractivity contribution in [2.75, 3.05) is 26.2 Å². The second kappa shape index (κ2) is 22.0. The molecule has 1 aromatic carbocycles. The van der Waals surface area contributed by atoms with Crippen LogP contribution in [-0.2, 0) is 35.2 Å². The minimum atomic E-state index is -1.52. The molecule has 3 rings (SSSR count). The molecular weight excluding hydrogens is 698 g/mol. The highest BCUT2D eigenvalue weighted by Crippen LogP contribution is 2.23. The van der Waals surface area contributed by atoms with E-state index in [2.05, 4.69) is 26.3 Å². The highest BCUT2D eigenvalue weighted by molar-refractivity contribution is 5.97. The number of hydrogen-bond acceptors (Lipinski definition) is 10. The molecule has 54 heavy (non-hydrogen) atoms. The molecule has 0 bridgehead atoms. The molecule has 7 unspecified atom stereocenters. The average molecular weight is 758 g/mol. The SMILES string of the molecule is CCC(C)C(N)C(=O)N1CCCC1C(=O)NC(Cc1c[nH]c2ccccc12)C(=O)NC(CCCCN)C(=O)NC(CO)C(=O)NC(CCCCN)C(=O)O. The molecule has 1 fully saturated rings. The van der Waals surface area contributed by atoms with Gasteiger partial charge in [-0.2, -0.15) is 0 Å². The van der Waals surface area contributed by atoms with Crippen molar-refractivity contribution >= 4 is 46.4 Å². The number of hydrogen-bond donors (Lipinski definition) is 10. The number of para-hydroxylation sites is 1. The van der Waals surface area contributed by atoms with Crippen LogP contribution >= 0.6 is 0 Å². The van der Waals surface area contributed by atoms with Gasteiger partial charge in [-0.3, -0.25) is 24.0 Å². The Morgan fingerprint density at radius 1 is 0.870 bits per heavy atom. The van der Waals surface area contributed by atoms with Gasteiger partial charge in [-0.05, 0) is 82.0 Å². The number of carboxylic acids is 1. The van der Waals surface area contributed by atoms with Crippen LogP contribution in [0.3, 0.4) is 0 Å². The number of H-pyrrole nitrogens is 1. The lowest BCUT2D eigenvalue weighted by molar-refractivity contribution is -0.143. The van der Waals surface area contributed by atoms with Crippen LogP contribution in [0.5, 0.6) is 0 Å². The zero-order chi connectivity index (χ0) is 39.8. The predicted molar refractivity (Wildman–Crippen MR) is 202 cm³/mol. The number of benzene rings is 1. The molecule has 1 aliphatic heterocycles. The summed E-state index contributed by atoms with van der Waals surface area (Å²) in [7, 11) is 0. The van der Waals surface area contributed by atoms with E-state index in [0.29, 0.717) is 64.6 Å². The lowest BCUT2D eigenvalue weighted by Crippen LogP contribution is -2.60. The van der Waals surface area contributed by atoms with Gasteiger partial charge in [-0.1, -0.05) is 38.5 Å². The van der Waals surface area contributed by atoms with Crippen LogP contribution in [0, 0.1) is 5.92 Å². The van der Waals surface area contributed by atoms with E-state index < -0.39 is 72.5 Å². The molecule has 1 aliphatic rings. The Balaban J connectivity index is 1.85. The van der Waals surface area contributed by atoms with Crippen molar-refractivity contribution in [2.45, 2.75) is 114 Å². The molecule has 7 atom stereocenters. The number of amides is 5. The van der Waals surface area contributed by atoms with Gasteiger partial charge in [0.15, 0.2) is 0 Å².